The number of fused-ring (bicyclic) bond motifs is 1. The second kappa shape index (κ2) is 12.5. The van der Waals surface area contributed by atoms with Crippen LogP contribution >= 0.6 is 0 Å². The van der Waals surface area contributed by atoms with E-state index >= 15 is 0 Å². The van der Waals surface area contributed by atoms with Gasteiger partial charge in [-0.1, -0.05) is 18.2 Å². The molecule has 13 heteroatoms. The second-order valence-electron chi connectivity index (χ2n) is 7.95. The fraction of sp³-hybridized carbons (Fsp3) is 0.409. The zero-order valence-electron chi connectivity index (χ0n) is 19.0. The van der Waals surface area contributed by atoms with Crippen molar-refractivity contribution in [3.63, 3.8) is 0 Å². The van der Waals surface area contributed by atoms with Gasteiger partial charge >= 0.3 is 11.9 Å². The first-order chi connectivity index (χ1) is 16.5. The van der Waals surface area contributed by atoms with E-state index in [0.29, 0.717) is 5.56 Å². The Bertz CT molecular complexity index is 1080. The van der Waals surface area contributed by atoms with Gasteiger partial charge in [-0.15, -0.1) is 0 Å². The highest BCUT2D eigenvalue weighted by atomic mass is 16.4. The number of hydrogen-bond donors (Lipinski definition) is 8. The molecule has 1 heterocycles. The molecule has 1 aromatic carbocycles. The van der Waals surface area contributed by atoms with Crippen molar-refractivity contribution in [3.05, 3.63) is 36.0 Å². The molecule has 35 heavy (non-hydrogen) atoms. The molecular weight excluding hydrogens is 462 g/mol. The first-order valence-electron chi connectivity index (χ1n) is 10.8. The molecule has 9 N–H and O–H groups in total. The van der Waals surface area contributed by atoms with Crippen molar-refractivity contribution in [1.29, 1.82) is 0 Å². The van der Waals surface area contributed by atoms with Crippen LogP contribution in [0.25, 0.3) is 10.9 Å². The maximum atomic E-state index is 13.0. The van der Waals surface area contributed by atoms with Crippen LogP contribution in [0.1, 0.15) is 25.3 Å². The monoisotopic (exact) mass is 491 g/mol. The fourth-order valence-electron chi connectivity index (χ4n) is 3.43. The summed E-state index contributed by atoms with van der Waals surface area (Å²) in [5.41, 5.74) is 6.88. The molecule has 1 aromatic heterocycles. The lowest BCUT2D eigenvalue weighted by molar-refractivity contribution is -0.144. The molecule has 190 valence electrons. The van der Waals surface area contributed by atoms with Gasteiger partial charge in [0.15, 0.2) is 0 Å². The van der Waals surface area contributed by atoms with Crippen molar-refractivity contribution in [2.45, 2.75) is 50.4 Å². The van der Waals surface area contributed by atoms with E-state index in [-0.39, 0.29) is 13.0 Å². The van der Waals surface area contributed by atoms with Crippen LogP contribution in [0, 0.1) is 0 Å². The number of para-hydroxylation sites is 1. The average molecular weight is 492 g/mol. The third-order valence-electron chi connectivity index (χ3n) is 5.26. The number of amides is 3. The Hall–Kier alpha value is -3.97. The summed E-state index contributed by atoms with van der Waals surface area (Å²) >= 11 is 0. The number of hydrogen-bond acceptors (Lipinski definition) is 7. The first kappa shape index (κ1) is 27.3. The number of rotatable bonds is 13. The smallest absolute Gasteiger partial charge is 0.326 e. The van der Waals surface area contributed by atoms with Crippen LogP contribution in [0.4, 0.5) is 0 Å². The second-order valence-corrected chi connectivity index (χ2v) is 7.95. The Labute approximate surface area is 200 Å². The topological polar surface area (TPSA) is 224 Å². The molecule has 0 radical (unpaired) electrons. The molecule has 0 saturated heterocycles. The standard InChI is InChI=1S/C22H29N5O8/c1-11(28)19(21(33)26-15(22(34)35)6-7-18(30)31)27-20(32)16(25-17(29)9-23)8-12-10-24-14-5-3-2-4-13(12)14/h2-5,10-11,15-16,19,24,28H,6-9,23H2,1H3,(H,25,29)(H,26,33)(H,27,32)(H,30,31)(H,34,35). The third-order valence-corrected chi connectivity index (χ3v) is 5.26. The maximum Gasteiger partial charge on any atom is 0.326 e. The molecule has 4 unspecified atom stereocenters. The van der Waals surface area contributed by atoms with Crippen molar-refractivity contribution < 1.29 is 39.3 Å². The predicted octanol–water partition coefficient (Wildman–Crippen LogP) is -1.55. The Morgan fingerprint density at radius 1 is 1.00 bits per heavy atom. The van der Waals surface area contributed by atoms with Gasteiger partial charge in [-0.05, 0) is 25.0 Å². The number of nitrogens with one attached hydrogen (secondary N) is 4. The number of aliphatic carboxylic acids is 2. The van der Waals surface area contributed by atoms with Crippen LogP contribution in [0.3, 0.4) is 0 Å². The van der Waals surface area contributed by atoms with Crippen LogP contribution in [0.5, 0.6) is 0 Å². The molecule has 0 fully saturated rings. The quantitative estimate of drug-likeness (QED) is 0.162. The number of nitrogens with two attached hydrogens (primary N) is 1. The van der Waals surface area contributed by atoms with Crippen LogP contribution in [-0.2, 0) is 30.4 Å². The normalized spacial score (nSPS) is 14.4. The molecule has 3 amide bonds. The van der Waals surface area contributed by atoms with Crippen molar-refractivity contribution >= 4 is 40.6 Å². The number of aromatic nitrogens is 1. The summed E-state index contributed by atoms with van der Waals surface area (Å²) in [5.74, 6) is -5.18. The van der Waals surface area contributed by atoms with Crippen LogP contribution in [0.15, 0.2) is 30.5 Å². The molecular formula is C22H29N5O8. The number of benzene rings is 1. The average Bonchev–Trinajstić information content (AvgIpc) is 3.21. The van der Waals surface area contributed by atoms with Crippen molar-refractivity contribution in [1.82, 2.24) is 20.9 Å². The van der Waals surface area contributed by atoms with Gasteiger partial charge in [-0.25, -0.2) is 4.79 Å². The van der Waals surface area contributed by atoms with Gasteiger partial charge < -0.3 is 42.0 Å². The van der Waals surface area contributed by atoms with Crippen LogP contribution in [0.2, 0.25) is 0 Å². The highest BCUT2D eigenvalue weighted by Gasteiger charge is 2.32. The highest BCUT2D eigenvalue weighted by Crippen LogP contribution is 2.19. The summed E-state index contributed by atoms with van der Waals surface area (Å²) in [5, 5.41) is 35.9. The lowest BCUT2D eigenvalue weighted by atomic mass is 10.0. The van der Waals surface area contributed by atoms with Gasteiger partial charge in [0, 0.05) is 29.9 Å². The predicted molar refractivity (Wildman–Crippen MR) is 123 cm³/mol. The molecule has 0 saturated carbocycles. The molecule has 0 spiro atoms. The van der Waals surface area contributed by atoms with E-state index in [2.05, 4.69) is 20.9 Å². The molecule has 0 bridgehead atoms. The van der Waals surface area contributed by atoms with Gasteiger partial charge in [-0.2, -0.15) is 0 Å². The Balaban J connectivity index is 2.20. The van der Waals surface area contributed by atoms with Gasteiger partial charge in [0.1, 0.15) is 18.1 Å². The van der Waals surface area contributed by atoms with E-state index in [1.165, 1.54) is 6.92 Å². The summed E-state index contributed by atoms with van der Waals surface area (Å²) < 4.78 is 0. The number of H-pyrrole nitrogens is 1. The van der Waals surface area contributed by atoms with E-state index in [4.69, 9.17) is 10.8 Å². The summed E-state index contributed by atoms with van der Waals surface area (Å²) in [6.45, 7) is 0.826. The number of aromatic amines is 1. The lowest BCUT2D eigenvalue weighted by Crippen LogP contribution is -2.59. The summed E-state index contributed by atoms with van der Waals surface area (Å²) in [7, 11) is 0. The lowest BCUT2D eigenvalue weighted by Gasteiger charge is -2.26. The molecule has 2 rings (SSSR count). The van der Waals surface area contributed by atoms with Crippen molar-refractivity contribution in [2.75, 3.05) is 6.54 Å². The molecule has 13 nitrogen and oxygen atoms in total. The number of carbonyl (C=O) groups is 5. The molecule has 0 aliphatic heterocycles. The fourth-order valence-corrected chi connectivity index (χ4v) is 3.43. The number of aliphatic hydroxyl groups is 1. The number of carbonyl (C=O) groups excluding carboxylic acids is 3. The summed E-state index contributed by atoms with van der Waals surface area (Å²) in [6, 6.07) is 3.02. The largest absolute Gasteiger partial charge is 0.481 e. The van der Waals surface area contributed by atoms with Gasteiger partial charge in [-0.3, -0.25) is 19.2 Å². The summed E-state index contributed by atoms with van der Waals surface area (Å²) in [4.78, 5) is 62.9. The van der Waals surface area contributed by atoms with E-state index < -0.39 is 66.7 Å². The van der Waals surface area contributed by atoms with Crippen molar-refractivity contribution in [3.8, 4) is 0 Å². The van der Waals surface area contributed by atoms with Gasteiger partial charge in [0.2, 0.25) is 17.7 Å². The minimum atomic E-state index is -1.57. The van der Waals surface area contributed by atoms with E-state index in [1.54, 1.807) is 6.20 Å². The Kier molecular flexibility index (Phi) is 9.73. The van der Waals surface area contributed by atoms with Crippen LogP contribution in [-0.4, -0.2) is 80.7 Å². The Morgan fingerprint density at radius 2 is 1.69 bits per heavy atom. The molecule has 0 aliphatic carbocycles. The SMILES string of the molecule is CC(O)C(NC(=O)C(Cc1c[nH]c2ccccc12)NC(=O)CN)C(=O)NC(CCC(=O)O)C(=O)O. The summed E-state index contributed by atoms with van der Waals surface area (Å²) in [6.07, 6.45) is -0.635. The zero-order chi connectivity index (χ0) is 26.1. The zero-order valence-corrected chi connectivity index (χ0v) is 19.0. The van der Waals surface area contributed by atoms with Gasteiger partial charge in [0.05, 0.1) is 12.6 Å². The molecule has 2 aromatic rings. The minimum Gasteiger partial charge on any atom is -0.481 e. The van der Waals surface area contributed by atoms with E-state index in [9.17, 15) is 34.2 Å². The van der Waals surface area contributed by atoms with Gasteiger partial charge in [0.25, 0.3) is 0 Å². The molecule has 0 aliphatic rings. The number of carboxylic acids is 2. The van der Waals surface area contributed by atoms with E-state index in [0.717, 1.165) is 10.9 Å². The minimum absolute atomic E-state index is 0.0338. The highest BCUT2D eigenvalue weighted by molar-refractivity contribution is 5.94. The van der Waals surface area contributed by atoms with Crippen molar-refractivity contribution in [2.24, 2.45) is 5.73 Å². The maximum absolute atomic E-state index is 13.0. The third kappa shape index (κ3) is 7.79. The molecule has 4 atom stereocenters. The number of aliphatic hydroxyl groups excluding tert-OH is 1. The first-order valence-corrected chi connectivity index (χ1v) is 10.8. The van der Waals surface area contributed by atoms with Crippen LogP contribution < -0.4 is 21.7 Å². The Morgan fingerprint density at radius 3 is 2.29 bits per heavy atom. The number of carboxylic acid groups (broad SMARTS) is 2. The van der Waals surface area contributed by atoms with E-state index in [1.807, 2.05) is 24.3 Å².